The Labute approximate surface area is 137 Å². The first kappa shape index (κ1) is 17.3. The predicted octanol–water partition coefficient (Wildman–Crippen LogP) is 1.87. The fourth-order valence-corrected chi connectivity index (χ4v) is 2.98. The van der Waals surface area contributed by atoms with Gasteiger partial charge < -0.3 is 4.90 Å². The van der Waals surface area contributed by atoms with Crippen molar-refractivity contribution < 1.29 is 9.18 Å². The summed E-state index contributed by atoms with van der Waals surface area (Å²) in [6.07, 6.45) is 0.806. The van der Waals surface area contributed by atoms with Crippen molar-refractivity contribution >= 4 is 17.7 Å². The minimum atomic E-state index is -0.321. The zero-order valence-electron chi connectivity index (χ0n) is 13.1. The molecule has 0 unspecified atom stereocenters. The topological polar surface area (TPSA) is 71.0 Å². The third-order valence-corrected chi connectivity index (χ3v) is 4.19. The van der Waals surface area contributed by atoms with E-state index >= 15 is 0 Å². The van der Waals surface area contributed by atoms with Gasteiger partial charge in [0.15, 0.2) is 5.16 Å². The molecule has 0 bridgehead atoms. The second-order valence-electron chi connectivity index (χ2n) is 5.13. The van der Waals surface area contributed by atoms with Gasteiger partial charge in [0.2, 0.25) is 5.91 Å². The first-order valence-electron chi connectivity index (χ1n) is 7.27. The smallest absolute Gasteiger partial charge is 0.341 e. The van der Waals surface area contributed by atoms with E-state index in [9.17, 15) is 14.0 Å². The van der Waals surface area contributed by atoms with E-state index in [1.54, 1.807) is 19.2 Å². The summed E-state index contributed by atoms with van der Waals surface area (Å²) >= 11 is 1.21. The molecular weight excluding hydrogens is 319 g/mol. The molecule has 1 amide bonds. The van der Waals surface area contributed by atoms with Gasteiger partial charge in [-0.05, 0) is 24.1 Å². The van der Waals surface area contributed by atoms with Gasteiger partial charge in [-0.25, -0.2) is 14.3 Å². The molecule has 0 aliphatic heterocycles. The maximum Gasteiger partial charge on any atom is 0.343 e. The number of aromatic amines is 1. The molecule has 2 rings (SSSR count). The number of hydrogen-bond donors (Lipinski definition) is 1. The summed E-state index contributed by atoms with van der Waals surface area (Å²) in [4.78, 5) is 25.3. The predicted molar refractivity (Wildman–Crippen MR) is 86.7 cm³/mol. The second kappa shape index (κ2) is 7.96. The molecule has 0 saturated carbocycles. The highest BCUT2D eigenvalue weighted by atomic mass is 32.2. The summed E-state index contributed by atoms with van der Waals surface area (Å²) < 4.78 is 14.7. The van der Waals surface area contributed by atoms with Crippen molar-refractivity contribution in [3.8, 4) is 0 Å². The minimum Gasteiger partial charge on any atom is -0.341 e. The van der Waals surface area contributed by atoms with E-state index in [4.69, 9.17) is 0 Å². The Bertz CT molecular complexity index is 728. The molecule has 0 saturated heterocycles. The summed E-state index contributed by atoms with van der Waals surface area (Å²) in [5, 5.41) is 6.82. The molecule has 6 nitrogen and oxygen atoms in total. The number of thioether (sulfide) groups is 1. The molecule has 23 heavy (non-hydrogen) atoms. The lowest BCUT2D eigenvalue weighted by Crippen LogP contribution is -2.28. The third-order valence-electron chi connectivity index (χ3n) is 3.23. The number of hydrogen-bond acceptors (Lipinski definition) is 4. The quantitative estimate of drug-likeness (QED) is 0.783. The van der Waals surface area contributed by atoms with Crippen LogP contribution in [0.2, 0.25) is 0 Å². The third kappa shape index (κ3) is 4.69. The van der Waals surface area contributed by atoms with Gasteiger partial charge in [-0.1, -0.05) is 30.8 Å². The Balaban J connectivity index is 1.93. The molecule has 124 valence electrons. The molecular formula is C15H19FN4O2S. The van der Waals surface area contributed by atoms with Crippen molar-refractivity contribution in [3.63, 3.8) is 0 Å². The highest BCUT2D eigenvalue weighted by molar-refractivity contribution is 7.99. The van der Waals surface area contributed by atoms with Crippen LogP contribution in [0.4, 0.5) is 4.39 Å². The average molecular weight is 338 g/mol. The van der Waals surface area contributed by atoms with Crippen LogP contribution in [-0.4, -0.2) is 38.4 Å². The first-order valence-corrected chi connectivity index (χ1v) is 8.26. The number of halogens is 1. The number of amides is 1. The molecule has 0 fully saturated rings. The Hall–Kier alpha value is -2.09. The van der Waals surface area contributed by atoms with Crippen LogP contribution in [0.15, 0.2) is 34.2 Å². The second-order valence-corrected chi connectivity index (χ2v) is 6.07. The van der Waals surface area contributed by atoms with Crippen molar-refractivity contribution in [2.75, 3.05) is 12.8 Å². The number of H-pyrrole nitrogens is 1. The summed E-state index contributed by atoms with van der Waals surface area (Å²) in [6.45, 7) is 2.86. The van der Waals surface area contributed by atoms with E-state index in [-0.39, 0.29) is 23.2 Å². The Morgan fingerprint density at radius 1 is 1.48 bits per heavy atom. The fraction of sp³-hybridized carbons (Fsp3) is 0.400. The largest absolute Gasteiger partial charge is 0.343 e. The molecule has 1 heterocycles. The van der Waals surface area contributed by atoms with Crippen LogP contribution in [0.25, 0.3) is 0 Å². The number of nitrogens with zero attached hydrogens (tertiary/aromatic N) is 3. The number of benzene rings is 1. The summed E-state index contributed by atoms with van der Waals surface area (Å²) in [6, 6.07) is 6.16. The van der Waals surface area contributed by atoms with Crippen molar-refractivity contribution in [3.05, 3.63) is 46.1 Å². The molecule has 2 aromatic rings. The van der Waals surface area contributed by atoms with Crippen LogP contribution in [0, 0.1) is 5.82 Å². The van der Waals surface area contributed by atoms with Crippen LogP contribution in [0.3, 0.4) is 0 Å². The minimum absolute atomic E-state index is 0.113. The number of nitrogens with one attached hydrogen (secondary N) is 1. The normalized spacial score (nSPS) is 10.7. The number of carbonyl (C=O) groups is 1. The Morgan fingerprint density at radius 3 is 2.96 bits per heavy atom. The molecule has 1 aromatic carbocycles. The molecule has 0 aliphatic rings. The van der Waals surface area contributed by atoms with Gasteiger partial charge in [-0.15, -0.1) is 5.10 Å². The molecule has 8 heteroatoms. The lowest BCUT2D eigenvalue weighted by atomic mass is 10.2. The van der Waals surface area contributed by atoms with Gasteiger partial charge in [-0.3, -0.25) is 9.36 Å². The lowest BCUT2D eigenvalue weighted by molar-refractivity contribution is -0.127. The molecule has 0 atom stereocenters. The maximum absolute atomic E-state index is 13.2. The lowest BCUT2D eigenvalue weighted by Gasteiger charge is -2.17. The number of aromatic nitrogens is 3. The van der Waals surface area contributed by atoms with Gasteiger partial charge in [-0.2, -0.15) is 0 Å². The van der Waals surface area contributed by atoms with Gasteiger partial charge in [0.05, 0.1) is 5.75 Å². The number of rotatable bonds is 7. The van der Waals surface area contributed by atoms with E-state index in [0.29, 0.717) is 18.2 Å². The summed E-state index contributed by atoms with van der Waals surface area (Å²) in [5.74, 6) is -0.268. The Morgan fingerprint density at radius 2 is 2.26 bits per heavy atom. The Kier molecular flexibility index (Phi) is 5.97. The van der Waals surface area contributed by atoms with Gasteiger partial charge in [0.25, 0.3) is 0 Å². The van der Waals surface area contributed by atoms with E-state index in [1.807, 2.05) is 6.92 Å². The zero-order valence-corrected chi connectivity index (χ0v) is 13.9. The molecule has 0 spiro atoms. The average Bonchev–Trinajstić information content (AvgIpc) is 2.86. The van der Waals surface area contributed by atoms with Crippen LogP contribution in [0.5, 0.6) is 0 Å². The van der Waals surface area contributed by atoms with E-state index in [0.717, 1.165) is 12.0 Å². The summed E-state index contributed by atoms with van der Waals surface area (Å²) in [5.41, 5.74) is 0.462. The number of carbonyl (C=O) groups excluding carboxylic acids is 1. The van der Waals surface area contributed by atoms with E-state index in [1.165, 1.54) is 33.4 Å². The summed E-state index contributed by atoms with van der Waals surface area (Å²) in [7, 11) is 1.66. The SMILES string of the molecule is CCCn1c(SCC(=O)N(C)Cc2cccc(F)c2)n[nH]c1=O. The van der Waals surface area contributed by atoms with Gasteiger partial charge in [0.1, 0.15) is 5.82 Å². The molecule has 0 radical (unpaired) electrons. The van der Waals surface area contributed by atoms with Crippen LogP contribution >= 0.6 is 11.8 Å². The standard InChI is InChI=1S/C15H19FN4O2S/c1-3-7-20-14(22)17-18-15(20)23-10-13(21)19(2)9-11-5-4-6-12(16)8-11/h4-6,8H,3,7,9-10H2,1-2H3,(H,17,22). The zero-order chi connectivity index (χ0) is 16.8. The van der Waals surface area contributed by atoms with Crippen LogP contribution in [0.1, 0.15) is 18.9 Å². The molecule has 0 aliphatic carbocycles. The highest BCUT2D eigenvalue weighted by Crippen LogP contribution is 2.15. The van der Waals surface area contributed by atoms with Crippen LogP contribution < -0.4 is 5.69 Å². The first-order chi connectivity index (χ1) is 11.0. The van der Waals surface area contributed by atoms with Crippen molar-refractivity contribution in [1.82, 2.24) is 19.7 Å². The van der Waals surface area contributed by atoms with Crippen molar-refractivity contribution in [1.29, 1.82) is 0 Å². The highest BCUT2D eigenvalue weighted by Gasteiger charge is 2.14. The van der Waals surface area contributed by atoms with Crippen molar-refractivity contribution in [2.24, 2.45) is 0 Å². The van der Waals surface area contributed by atoms with Crippen LogP contribution in [-0.2, 0) is 17.9 Å². The van der Waals surface area contributed by atoms with E-state index in [2.05, 4.69) is 10.2 Å². The van der Waals surface area contributed by atoms with Gasteiger partial charge in [0, 0.05) is 20.1 Å². The van der Waals surface area contributed by atoms with E-state index < -0.39 is 0 Å². The fourth-order valence-electron chi connectivity index (χ4n) is 2.07. The monoisotopic (exact) mass is 338 g/mol. The van der Waals surface area contributed by atoms with Crippen molar-refractivity contribution in [2.45, 2.75) is 31.6 Å². The molecule has 1 N–H and O–H groups in total. The van der Waals surface area contributed by atoms with Gasteiger partial charge >= 0.3 is 5.69 Å². The molecule has 1 aromatic heterocycles. The maximum atomic E-state index is 13.2.